The molecule has 9 heteroatoms. The first-order valence-corrected chi connectivity index (χ1v) is 12.5. The number of pyridine rings is 1. The van der Waals surface area contributed by atoms with Crippen molar-refractivity contribution in [3.63, 3.8) is 0 Å². The molecule has 0 spiro atoms. The highest BCUT2D eigenvalue weighted by molar-refractivity contribution is 7.13. The Balaban J connectivity index is 1.50. The summed E-state index contributed by atoms with van der Waals surface area (Å²) in [5.74, 6) is -1.31. The van der Waals surface area contributed by atoms with Gasteiger partial charge in [-0.2, -0.15) is 0 Å². The average Bonchev–Trinajstić information content (AvgIpc) is 3.59. The monoisotopic (exact) mass is 490 g/mol. The fourth-order valence-electron chi connectivity index (χ4n) is 5.31. The fourth-order valence-corrected chi connectivity index (χ4v) is 5.84. The second kappa shape index (κ2) is 9.59. The molecule has 8 nitrogen and oxygen atoms in total. The van der Waals surface area contributed by atoms with E-state index in [1.807, 2.05) is 42.5 Å². The van der Waals surface area contributed by atoms with Gasteiger partial charge in [-0.3, -0.25) is 14.4 Å². The highest BCUT2D eigenvalue weighted by Gasteiger charge is 2.57. The first-order valence-electron chi connectivity index (χ1n) is 11.6. The number of aromatic nitrogens is 2. The normalized spacial score (nSPS) is 22.9. The SMILES string of the molecule is CCC(=O)N1[C@H](C(=O)Nc2nccs2)[C@@H](CO)[C@@H]2Cn3c(ccc(/C=C/c4ccccc4)c3=O)[C@@H]21. The third kappa shape index (κ3) is 4.11. The Labute approximate surface area is 206 Å². The maximum Gasteiger partial charge on any atom is 0.258 e. The number of benzene rings is 1. The van der Waals surface area contributed by atoms with E-state index in [2.05, 4.69) is 10.3 Å². The van der Waals surface area contributed by atoms with Gasteiger partial charge >= 0.3 is 0 Å². The van der Waals surface area contributed by atoms with Gasteiger partial charge in [0.1, 0.15) is 6.04 Å². The molecule has 2 amide bonds. The van der Waals surface area contributed by atoms with Gasteiger partial charge in [0.15, 0.2) is 5.13 Å². The molecule has 3 aromatic rings. The minimum Gasteiger partial charge on any atom is -0.396 e. The number of hydrogen-bond donors (Lipinski definition) is 2. The topological polar surface area (TPSA) is 105 Å². The number of aliphatic hydroxyl groups is 1. The van der Waals surface area contributed by atoms with Crippen LogP contribution in [0.4, 0.5) is 5.13 Å². The smallest absolute Gasteiger partial charge is 0.258 e. The van der Waals surface area contributed by atoms with Crippen molar-refractivity contribution in [2.45, 2.75) is 32.0 Å². The van der Waals surface area contributed by atoms with Crippen molar-refractivity contribution in [3.8, 4) is 0 Å². The number of rotatable bonds is 6. The Morgan fingerprint density at radius 3 is 2.69 bits per heavy atom. The van der Waals surface area contributed by atoms with Gasteiger partial charge in [-0.1, -0.05) is 43.3 Å². The molecular weight excluding hydrogens is 464 g/mol. The summed E-state index contributed by atoms with van der Waals surface area (Å²) in [6.45, 7) is 1.82. The molecule has 0 radical (unpaired) electrons. The molecule has 4 heterocycles. The Morgan fingerprint density at radius 2 is 2.00 bits per heavy atom. The zero-order valence-electron chi connectivity index (χ0n) is 19.2. The third-order valence-corrected chi connectivity index (χ3v) is 7.57. The van der Waals surface area contributed by atoms with Crippen LogP contribution in [0.25, 0.3) is 12.2 Å². The van der Waals surface area contributed by atoms with Gasteiger partial charge in [0.25, 0.3) is 5.56 Å². The lowest BCUT2D eigenvalue weighted by atomic mass is 9.88. The Bertz CT molecular complexity index is 1320. The zero-order chi connectivity index (χ0) is 24.5. The van der Waals surface area contributed by atoms with Crippen LogP contribution in [0.1, 0.15) is 36.2 Å². The molecule has 1 fully saturated rings. The van der Waals surface area contributed by atoms with Crippen LogP contribution >= 0.6 is 11.3 Å². The van der Waals surface area contributed by atoms with Gasteiger partial charge in [0, 0.05) is 54.2 Å². The summed E-state index contributed by atoms with van der Waals surface area (Å²) >= 11 is 1.29. The number of nitrogens with zero attached hydrogens (tertiary/aromatic N) is 3. The number of likely N-dealkylation sites (tertiary alicyclic amines) is 1. The van der Waals surface area contributed by atoms with Crippen LogP contribution in [0.15, 0.2) is 58.8 Å². The van der Waals surface area contributed by atoms with Crippen molar-refractivity contribution >= 4 is 40.4 Å². The van der Waals surface area contributed by atoms with E-state index in [1.165, 1.54) is 11.3 Å². The van der Waals surface area contributed by atoms with Crippen molar-refractivity contribution in [1.82, 2.24) is 14.5 Å². The van der Waals surface area contributed by atoms with Gasteiger partial charge in [0.05, 0.1) is 6.04 Å². The van der Waals surface area contributed by atoms with Gasteiger partial charge in [-0.05, 0) is 23.8 Å². The predicted octanol–water partition coefficient (Wildman–Crippen LogP) is 3.01. The number of carbonyl (C=O) groups excluding carboxylic acids is 2. The molecule has 1 saturated heterocycles. The molecule has 2 aromatic heterocycles. The lowest BCUT2D eigenvalue weighted by Gasteiger charge is -2.30. The lowest BCUT2D eigenvalue weighted by molar-refractivity contribution is -0.139. The molecule has 0 bridgehead atoms. The van der Waals surface area contributed by atoms with Crippen LogP contribution in [0, 0.1) is 11.8 Å². The second-order valence-corrected chi connectivity index (χ2v) is 9.65. The van der Waals surface area contributed by atoms with E-state index in [0.717, 1.165) is 5.56 Å². The van der Waals surface area contributed by atoms with Crippen molar-refractivity contribution in [1.29, 1.82) is 0 Å². The third-order valence-electron chi connectivity index (χ3n) is 6.88. The second-order valence-electron chi connectivity index (χ2n) is 8.75. The molecule has 5 rings (SSSR count). The number of carbonyl (C=O) groups is 2. The molecule has 0 saturated carbocycles. The number of hydrogen-bond acceptors (Lipinski definition) is 6. The quantitative estimate of drug-likeness (QED) is 0.553. The van der Waals surface area contributed by atoms with E-state index in [-0.39, 0.29) is 36.3 Å². The standard InChI is InChI=1S/C26H26N4O4S/c1-2-21(32)30-22-18(19(15-31)23(30)24(33)28-26-27-12-13-35-26)14-29-20(22)11-10-17(25(29)34)9-8-16-6-4-3-5-7-16/h3-13,18-19,22-23,31H,2,14-15H2,1H3,(H,27,28,33)/b9-8+/t18-,19-,22+,23-/m0/s1. The summed E-state index contributed by atoms with van der Waals surface area (Å²) in [5, 5.41) is 15.3. The van der Waals surface area contributed by atoms with Crippen LogP contribution < -0.4 is 10.9 Å². The van der Waals surface area contributed by atoms with Crippen LogP contribution in [-0.2, 0) is 16.1 Å². The molecule has 35 heavy (non-hydrogen) atoms. The predicted molar refractivity (Wildman–Crippen MR) is 135 cm³/mol. The Morgan fingerprint density at radius 1 is 1.20 bits per heavy atom. The molecule has 2 N–H and O–H groups in total. The summed E-state index contributed by atoms with van der Waals surface area (Å²) in [6, 6.07) is 12.1. The maximum atomic E-state index is 13.3. The molecule has 0 aliphatic carbocycles. The van der Waals surface area contributed by atoms with Gasteiger partial charge in [0.2, 0.25) is 11.8 Å². The summed E-state index contributed by atoms with van der Waals surface area (Å²) in [5.41, 5.74) is 2.09. The first kappa shape index (κ1) is 23.2. The number of anilines is 1. The number of thiazole rings is 1. The van der Waals surface area contributed by atoms with E-state index < -0.39 is 18.0 Å². The van der Waals surface area contributed by atoms with E-state index in [9.17, 15) is 19.5 Å². The molecule has 1 aromatic carbocycles. The largest absolute Gasteiger partial charge is 0.396 e. The summed E-state index contributed by atoms with van der Waals surface area (Å²) in [4.78, 5) is 45.4. The zero-order valence-corrected chi connectivity index (χ0v) is 20.0. The molecule has 2 aliphatic heterocycles. The molecule has 4 atom stereocenters. The van der Waals surface area contributed by atoms with Crippen LogP contribution in [0.2, 0.25) is 0 Å². The number of aliphatic hydroxyl groups excluding tert-OH is 1. The van der Waals surface area contributed by atoms with Crippen LogP contribution in [0.3, 0.4) is 0 Å². The van der Waals surface area contributed by atoms with E-state index in [0.29, 0.717) is 22.9 Å². The van der Waals surface area contributed by atoms with Gasteiger partial charge in [-0.15, -0.1) is 11.3 Å². The van der Waals surface area contributed by atoms with E-state index >= 15 is 0 Å². The van der Waals surface area contributed by atoms with Crippen molar-refractivity contribution in [2.75, 3.05) is 11.9 Å². The number of amides is 2. The summed E-state index contributed by atoms with van der Waals surface area (Å²) in [7, 11) is 0. The molecular formula is C26H26N4O4S. The molecule has 2 aliphatic rings. The average molecular weight is 491 g/mol. The van der Waals surface area contributed by atoms with E-state index in [4.69, 9.17) is 0 Å². The fraction of sp³-hybridized carbons (Fsp3) is 0.308. The number of fused-ring (bicyclic) bond motifs is 3. The van der Waals surface area contributed by atoms with Crippen LogP contribution in [0.5, 0.6) is 0 Å². The molecule has 0 unspecified atom stereocenters. The highest BCUT2D eigenvalue weighted by atomic mass is 32.1. The lowest BCUT2D eigenvalue weighted by Crippen LogP contribution is -2.48. The van der Waals surface area contributed by atoms with Crippen molar-refractivity contribution < 1.29 is 14.7 Å². The Hall–Kier alpha value is -3.56. The minimum atomic E-state index is -0.840. The van der Waals surface area contributed by atoms with Crippen molar-refractivity contribution in [2.24, 2.45) is 11.8 Å². The summed E-state index contributed by atoms with van der Waals surface area (Å²) < 4.78 is 1.69. The number of nitrogens with one attached hydrogen (secondary N) is 1. The van der Waals surface area contributed by atoms with Crippen molar-refractivity contribution in [3.05, 3.63) is 81.2 Å². The van der Waals surface area contributed by atoms with Gasteiger partial charge in [-0.25, -0.2) is 4.98 Å². The van der Waals surface area contributed by atoms with Crippen LogP contribution in [-0.4, -0.2) is 44.0 Å². The first-order chi connectivity index (χ1) is 17.0. The summed E-state index contributed by atoms with van der Waals surface area (Å²) in [6.07, 6.45) is 5.49. The minimum absolute atomic E-state index is 0.145. The van der Waals surface area contributed by atoms with E-state index in [1.54, 1.807) is 40.1 Å². The molecule has 180 valence electrons. The highest BCUT2D eigenvalue weighted by Crippen LogP contribution is 2.49. The Kier molecular flexibility index (Phi) is 6.36. The van der Waals surface area contributed by atoms with Gasteiger partial charge < -0.3 is 19.9 Å². The maximum absolute atomic E-state index is 13.3.